The third-order valence-corrected chi connectivity index (χ3v) is 4.90. The summed E-state index contributed by atoms with van der Waals surface area (Å²) in [7, 11) is 0. The van der Waals surface area contributed by atoms with E-state index in [2.05, 4.69) is 14.9 Å². The second-order valence-corrected chi connectivity index (χ2v) is 6.37. The number of aromatic nitrogens is 2. The lowest BCUT2D eigenvalue weighted by Gasteiger charge is -2.37. The Kier molecular flexibility index (Phi) is 3.90. The number of nitrogens with zero attached hydrogens (tertiary/aromatic N) is 4. The molecule has 0 bridgehead atoms. The predicted octanol–water partition coefficient (Wildman–Crippen LogP) is 1.06. The smallest absolute Gasteiger partial charge is 0.256 e. The van der Waals surface area contributed by atoms with Crippen molar-refractivity contribution in [3.05, 3.63) is 18.0 Å². The Bertz CT molecular complexity index is 555. The first-order valence-electron chi connectivity index (χ1n) is 8.40. The van der Waals surface area contributed by atoms with Gasteiger partial charge in [0, 0.05) is 51.4 Å². The zero-order chi connectivity index (χ0) is 15.7. The van der Waals surface area contributed by atoms with Crippen molar-refractivity contribution in [3.63, 3.8) is 0 Å². The van der Waals surface area contributed by atoms with Gasteiger partial charge < -0.3 is 19.3 Å². The highest BCUT2D eigenvalue weighted by Gasteiger charge is 2.40. The minimum absolute atomic E-state index is 0.00850. The highest BCUT2D eigenvalue weighted by Crippen LogP contribution is 2.31. The number of carbonyl (C=O) groups is 1. The predicted molar refractivity (Wildman–Crippen MR) is 83.3 cm³/mol. The van der Waals surface area contributed by atoms with Crippen molar-refractivity contribution in [2.24, 2.45) is 0 Å². The molecule has 1 aromatic heterocycles. The van der Waals surface area contributed by atoms with E-state index >= 15 is 0 Å². The van der Waals surface area contributed by atoms with E-state index in [0.717, 1.165) is 31.9 Å². The molecule has 1 spiro atoms. The SMILES string of the molecule is O=C(c1cnc(N2CCCC2)nc1)N1CCC2(CC1)OCCO2. The number of hydrogen-bond donors (Lipinski definition) is 0. The highest BCUT2D eigenvalue weighted by molar-refractivity contribution is 5.93. The normalized spacial score (nSPS) is 23.7. The monoisotopic (exact) mass is 318 g/mol. The van der Waals surface area contributed by atoms with E-state index < -0.39 is 5.79 Å². The Morgan fingerprint density at radius 3 is 2.22 bits per heavy atom. The van der Waals surface area contributed by atoms with Crippen LogP contribution in [0.5, 0.6) is 0 Å². The average Bonchev–Trinajstić information content (AvgIpc) is 3.28. The minimum Gasteiger partial charge on any atom is -0.347 e. The molecule has 7 nitrogen and oxygen atoms in total. The summed E-state index contributed by atoms with van der Waals surface area (Å²) in [4.78, 5) is 25.3. The van der Waals surface area contributed by atoms with E-state index in [4.69, 9.17) is 9.47 Å². The molecule has 0 saturated carbocycles. The molecule has 1 amide bonds. The van der Waals surface area contributed by atoms with Gasteiger partial charge in [-0.2, -0.15) is 0 Å². The molecule has 3 fully saturated rings. The summed E-state index contributed by atoms with van der Waals surface area (Å²) in [5.41, 5.74) is 0.553. The fraction of sp³-hybridized carbons (Fsp3) is 0.688. The first kappa shape index (κ1) is 14.8. The molecular formula is C16H22N4O3. The molecule has 4 rings (SSSR count). The molecule has 0 radical (unpaired) electrons. The first-order chi connectivity index (χ1) is 11.3. The van der Waals surface area contributed by atoms with Crippen LogP contribution >= 0.6 is 0 Å². The molecule has 0 unspecified atom stereocenters. The van der Waals surface area contributed by atoms with Crippen LogP contribution in [0.15, 0.2) is 12.4 Å². The standard InChI is InChI=1S/C16H22N4O3/c21-14(19-7-3-16(4-8-19)22-9-10-23-16)13-11-17-15(18-12-13)20-5-1-2-6-20/h11-12H,1-10H2. The molecule has 7 heteroatoms. The lowest BCUT2D eigenvalue weighted by Crippen LogP contribution is -2.47. The van der Waals surface area contributed by atoms with Crippen LogP contribution in [0.25, 0.3) is 0 Å². The van der Waals surface area contributed by atoms with E-state index in [-0.39, 0.29) is 5.91 Å². The van der Waals surface area contributed by atoms with Crippen LogP contribution in [0.1, 0.15) is 36.0 Å². The number of ether oxygens (including phenoxy) is 2. The van der Waals surface area contributed by atoms with Crippen LogP contribution in [-0.4, -0.2) is 66.0 Å². The van der Waals surface area contributed by atoms with Crippen LogP contribution < -0.4 is 4.90 Å². The fourth-order valence-corrected chi connectivity index (χ4v) is 3.53. The largest absolute Gasteiger partial charge is 0.347 e. The summed E-state index contributed by atoms with van der Waals surface area (Å²) in [6.07, 6.45) is 7.12. The van der Waals surface area contributed by atoms with Gasteiger partial charge in [0.1, 0.15) is 0 Å². The Morgan fingerprint density at radius 2 is 1.61 bits per heavy atom. The topological polar surface area (TPSA) is 67.8 Å². The summed E-state index contributed by atoms with van der Waals surface area (Å²) >= 11 is 0. The Labute approximate surface area is 135 Å². The second kappa shape index (κ2) is 6.05. The van der Waals surface area contributed by atoms with Gasteiger partial charge in [0.05, 0.1) is 18.8 Å². The molecule has 0 atom stereocenters. The van der Waals surface area contributed by atoms with Gasteiger partial charge in [0.25, 0.3) is 5.91 Å². The van der Waals surface area contributed by atoms with E-state index in [1.54, 1.807) is 12.4 Å². The van der Waals surface area contributed by atoms with Crippen LogP contribution in [0.3, 0.4) is 0 Å². The number of hydrogen-bond acceptors (Lipinski definition) is 6. The number of anilines is 1. The summed E-state index contributed by atoms with van der Waals surface area (Å²) < 4.78 is 11.4. The fourth-order valence-electron chi connectivity index (χ4n) is 3.53. The molecule has 0 aliphatic carbocycles. The second-order valence-electron chi connectivity index (χ2n) is 6.37. The van der Waals surface area contributed by atoms with Crippen LogP contribution in [0, 0.1) is 0 Å². The number of piperidine rings is 1. The van der Waals surface area contributed by atoms with Crippen molar-refractivity contribution in [2.45, 2.75) is 31.5 Å². The Morgan fingerprint density at radius 1 is 1.00 bits per heavy atom. The number of carbonyl (C=O) groups excluding carboxylic acids is 1. The molecule has 124 valence electrons. The first-order valence-corrected chi connectivity index (χ1v) is 8.40. The zero-order valence-electron chi connectivity index (χ0n) is 13.2. The Balaban J connectivity index is 1.39. The number of rotatable bonds is 2. The van der Waals surface area contributed by atoms with Gasteiger partial charge in [0.2, 0.25) is 5.95 Å². The van der Waals surface area contributed by atoms with Crippen molar-refractivity contribution < 1.29 is 14.3 Å². The van der Waals surface area contributed by atoms with Gasteiger partial charge >= 0.3 is 0 Å². The quantitative estimate of drug-likeness (QED) is 0.812. The van der Waals surface area contributed by atoms with E-state index in [1.807, 2.05) is 4.90 Å². The summed E-state index contributed by atoms with van der Waals surface area (Å²) in [6.45, 7) is 4.60. The number of likely N-dealkylation sites (tertiary alicyclic amines) is 1. The molecule has 4 heterocycles. The maximum Gasteiger partial charge on any atom is 0.256 e. The molecule has 3 saturated heterocycles. The summed E-state index contributed by atoms with van der Waals surface area (Å²) in [6, 6.07) is 0. The van der Waals surface area contributed by atoms with Crippen LogP contribution in [-0.2, 0) is 9.47 Å². The van der Waals surface area contributed by atoms with Crippen molar-refractivity contribution in [3.8, 4) is 0 Å². The summed E-state index contributed by atoms with van der Waals surface area (Å²) in [5.74, 6) is 0.266. The average molecular weight is 318 g/mol. The summed E-state index contributed by atoms with van der Waals surface area (Å²) in [5, 5.41) is 0. The van der Waals surface area contributed by atoms with Gasteiger partial charge in [-0.25, -0.2) is 9.97 Å². The van der Waals surface area contributed by atoms with E-state index in [1.165, 1.54) is 12.8 Å². The third kappa shape index (κ3) is 2.90. The molecule has 3 aliphatic heterocycles. The van der Waals surface area contributed by atoms with E-state index in [9.17, 15) is 4.79 Å². The van der Waals surface area contributed by atoms with Gasteiger partial charge in [0.15, 0.2) is 5.79 Å². The van der Waals surface area contributed by atoms with E-state index in [0.29, 0.717) is 31.9 Å². The van der Waals surface area contributed by atoms with Crippen LogP contribution in [0.4, 0.5) is 5.95 Å². The minimum atomic E-state index is -0.451. The van der Waals surface area contributed by atoms with Crippen molar-refractivity contribution in [1.29, 1.82) is 0 Å². The lowest BCUT2D eigenvalue weighted by atomic mass is 10.0. The molecule has 0 N–H and O–H groups in total. The zero-order valence-corrected chi connectivity index (χ0v) is 13.2. The van der Waals surface area contributed by atoms with Crippen molar-refractivity contribution in [1.82, 2.24) is 14.9 Å². The van der Waals surface area contributed by atoms with Crippen molar-refractivity contribution in [2.75, 3.05) is 44.3 Å². The molecule has 23 heavy (non-hydrogen) atoms. The van der Waals surface area contributed by atoms with Gasteiger partial charge in [-0.3, -0.25) is 4.79 Å². The molecule has 1 aromatic rings. The lowest BCUT2D eigenvalue weighted by molar-refractivity contribution is -0.181. The van der Waals surface area contributed by atoms with Gasteiger partial charge in [-0.15, -0.1) is 0 Å². The maximum atomic E-state index is 12.6. The van der Waals surface area contributed by atoms with Crippen molar-refractivity contribution >= 4 is 11.9 Å². The van der Waals surface area contributed by atoms with Gasteiger partial charge in [-0.1, -0.05) is 0 Å². The molecule has 3 aliphatic rings. The molecular weight excluding hydrogens is 296 g/mol. The number of amides is 1. The third-order valence-electron chi connectivity index (χ3n) is 4.90. The van der Waals surface area contributed by atoms with Gasteiger partial charge in [-0.05, 0) is 12.8 Å². The maximum absolute atomic E-state index is 12.6. The highest BCUT2D eigenvalue weighted by atomic mass is 16.7. The van der Waals surface area contributed by atoms with Crippen LogP contribution in [0.2, 0.25) is 0 Å². The Hall–Kier alpha value is -1.73. The molecule has 0 aromatic carbocycles.